The lowest BCUT2D eigenvalue weighted by molar-refractivity contribution is 0.234. The van der Waals surface area contributed by atoms with E-state index in [2.05, 4.69) is 37.9 Å². The second kappa shape index (κ2) is 43.6. The maximum absolute atomic E-state index is 6.66. The summed E-state index contributed by atoms with van der Waals surface area (Å²) in [7, 11) is 0. The fourth-order valence-electron chi connectivity index (χ4n) is 9.29. The van der Waals surface area contributed by atoms with E-state index in [1.165, 1.54) is 231 Å². The predicted octanol–water partition coefficient (Wildman–Crippen LogP) is 20.6. The maximum Gasteiger partial charge on any atom is 0.248 e. The Labute approximate surface area is 425 Å². The van der Waals surface area contributed by atoms with Gasteiger partial charge in [-0.25, -0.2) is 0 Å². The Morgan fingerprint density at radius 1 is 0.304 bits per heavy atom. The molecule has 0 aliphatic rings. The van der Waals surface area contributed by atoms with Crippen molar-refractivity contribution in [1.29, 1.82) is 0 Å². The van der Waals surface area contributed by atoms with E-state index in [4.69, 9.17) is 23.4 Å². The first kappa shape index (κ1) is 60.1. The van der Waals surface area contributed by atoms with E-state index in [-0.39, 0.29) is 0 Å². The quantitative estimate of drug-likeness (QED) is 0.0522. The molecule has 0 aliphatic carbocycles. The van der Waals surface area contributed by atoms with E-state index in [1.54, 1.807) is 0 Å². The third kappa shape index (κ3) is 30.3. The first-order chi connectivity index (χ1) is 34.2. The van der Waals surface area contributed by atoms with Crippen molar-refractivity contribution in [3.05, 3.63) is 36.4 Å². The number of rotatable bonds is 50. The van der Waals surface area contributed by atoms with Crippen molar-refractivity contribution in [2.45, 2.75) is 285 Å². The minimum atomic E-state index is 0.445. The molecule has 0 atom stereocenters. The highest BCUT2D eigenvalue weighted by atomic mass is 16.5. The Bertz CT molecular complexity index is 1530. The number of hydrogen-bond acceptors (Lipinski definition) is 7. The van der Waals surface area contributed by atoms with Gasteiger partial charge in [-0.2, -0.15) is 0 Å². The highest BCUT2D eigenvalue weighted by molar-refractivity contribution is 5.67. The minimum Gasteiger partial charge on any atom is -0.494 e. The van der Waals surface area contributed by atoms with Crippen LogP contribution in [0.25, 0.3) is 22.9 Å². The molecule has 1 heterocycles. The SMILES string of the molecule is CCCCCCCCCCCCOc1ccc(-c2nnc(-c3cc(OCCCCCCCCCCCC)c(OCCCCCCCCCCCC)c(OCCCCCCCCCCCC)c3)o2)cc1. The summed E-state index contributed by atoms with van der Waals surface area (Å²) in [6, 6.07) is 12.1. The molecule has 0 fully saturated rings. The zero-order valence-electron chi connectivity index (χ0n) is 45.5. The molecule has 0 unspecified atom stereocenters. The van der Waals surface area contributed by atoms with Crippen molar-refractivity contribution >= 4 is 0 Å². The lowest BCUT2D eigenvalue weighted by Gasteiger charge is -2.18. The summed E-state index contributed by atoms with van der Waals surface area (Å²) in [4.78, 5) is 0. The molecule has 3 aromatic rings. The first-order valence-electron chi connectivity index (χ1n) is 29.8. The van der Waals surface area contributed by atoms with Crippen LogP contribution in [-0.4, -0.2) is 36.6 Å². The van der Waals surface area contributed by atoms with Crippen molar-refractivity contribution < 1.29 is 23.4 Å². The summed E-state index contributed by atoms with van der Waals surface area (Å²) in [6.45, 7) is 11.8. The van der Waals surface area contributed by atoms with E-state index in [0.717, 1.165) is 49.2 Å². The van der Waals surface area contributed by atoms with Gasteiger partial charge in [0.15, 0.2) is 11.5 Å². The molecule has 394 valence electrons. The second-order valence-electron chi connectivity index (χ2n) is 20.4. The molecule has 7 heteroatoms. The topological polar surface area (TPSA) is 75.8 Å². The Kier molecular flexibility index (Phi) is 37.9. The lowest BCUT2D eigenvalue weighted by atomic mass is 10.1. The van der Waals surface area contributed by atoms with Gasteiger partial charge in [-0.15, -0.1) is 10.2 Å². The molecule has 3 rings (SSSR count). The molecule has 0 aliphatic heterocycles. The number of hydrogen-bond donors (Lipinski definition) is 0. The van der Waals surface area contributed by atoms with Gasteiger partial charge in [0.1, 0.15) is 5.75 Å². The molecule has 7 nitrogen and oxygen atoms in total. The van der Waals surface area contributed by atoms with E-state index in [9.17, 15) is 0 Å². The predicted molar refractivity (Wildman–Crippen MR) is 295 cm³/mol. The van der Waals surface area contributed by atoms with Gasteiger partial charge in [-0.3, -0.25) is 0 Å². The lowest BCUT2D eigenvalue weighted by Crippen LogP contribution is -2.07. The van der Waals surface area contributed by atoms with Crippen LogP contribution in [0.2, 0.25) is 0 Å². The van der Waals surface area contributed by atoms with E-state index in [0.29, 0.717) is 48.9 Å². The Hall–Kier alpha value is -3.22. The summed E-state index contributed by atoms with van der Waals surface area (Å²) < 4.78 is 32.5. The fourth-order valence-corrected chi connectivity index (χ4v) is 9.29. The molecule has 0 saturated carbocycles. The van der Waals surface area contributed by atoms with Gasteiger partial charge in [0.25, 0.3) is 0 Å². The van der Waals surface area contributed by atoms with Gasteiger partial charge in [-0.05, 0) is 62.1 Å². The normalized spacial score (nSPS) is 11.4. The van der Waals surface area contributed by atoms with Gasteiger partial charge in [0.05, 0.1) is 26.4 Å². The largest absolute Gasteiger partial charge is 0.494 e. The smallest absolute Gasteiger partial charge is 0.248 e. The number of nitrogens with zero attached hydrogens (tertiary/aromatic N) is 2. The summed E-state index contributed by atoms with van der Waals surface area (Å²) in [6.07, 6.45) is 51.8. The highest BCUT2D eigenvalue weighted by Crippen LogP contribution is 2.42. The summed E-state index contributed by atoms with van der Waals surface area (Å²) in [5, 5.41) is 9.07. The molecular weight excluding hydrogens is 853 g/mol. The molecule has 69 heavy (non-hydrogen) atoms. The zero-order valence-corrected chi connectivity index (χ0v) is 45.5. The van der Waals surface area contributed by atoms with Crippen LogP contribution in [-0.2, 0) is 0 Å². The van der Waals surface area contributed by atoms with Gasteiger partial charge in [0, 0.05) is 11.1 Å². The van der Waals surface area contributed by atoms with Crippen LogP contribution >= 0.6 is 0 Å². The molecule has 0 saturated heterocycles. The van der Waals surface area contributed by atoms with Gasteiger partial charge in [-0.1, -0.05) is 259 Å². The molecule has 0 radical (unpaired) electrons. The van der Waals surface area contributed by atoms with Crippen LogP contribution in [0.1, 0.15) is 285 Å². The number of unbranched alkanes of at least 4 members (excludes halogenated alkanes) is 36. The molecule has 0 bridgehead atoms. The summed E-state index contributed by atoms with van der Waals surface area (Å²) in [5.74, 6) is 3.92. The van der Waals surface area contributed by atoms with E-state index < -0.39 is 0 Å². The first-order valence-corrected chi connectivity index (χ1v) is 29.8. The monoisotopic (exact) mass is 959 g/mol. The Balaban J connectivity index is 1.66. The molecule has 1 aromatic heterocycles. The Morgan fingerprint density at radius 3 is 0.913 bits per heavy atom. The van der Waals surface area contributed by atoms with Gasteiger partial charge >= 0.3 is 0 Å². The third-order valence-corrected chi connectivity index (χ3v) is 13.8. The number of benzene rings is 2. The number of ether oxygens (including phenoxy) is 4. The minimum absolute atomic E-state index is 0.445. The van der Waals surface area contributed by atoms with E-state index in [1.807, 2.05) is 36.4 Å². The third-order valence-electron chi connectivity index (χ3n) is 13.8. The Morgan fingerprint density at radius 2 is 0.580 bits per heavy atom. The number of aromatic nitrogens is 2. The molecule has 0 N–H and O–H groups in total. The maximum atomic E-state index is 6.66. The van der Waals surface area contributed by atoms with Crippen LogP contribution in [0.4, 0.5) is 0 Å². The molecule has 0 spiro atoms. The summed E-state index contributed by atoms with van der Waals surface area (Å²) in [5.41, 5.74) is 1.65. The van der Waals surface area contributed by atoms with Crippen molar-refractivity contribution in [2.75, 3.05) is 26.4 Å². The van der Waals surface area contributed by atoms with Gasteiger partial charge in [0.2, 0.25) is 17.5 Å². The average Bonchev–Trinajstić information content (AvgIpc) is 3.87. The van der Waals surface area contributed by atoms with Crippen molar-refractivity contribution in [2.24, 2.45) is 0 Å². The van der Waals surface area contributed by atoms with Crippen LogP contribution in [0.3, 0.4) is 0 Å². The molecular formula is C62H106N2O5. The zero-order chi connectivity index (χ0) is 48.9. The second-order valence-corrected chi connectivity index (χ2v) is 20.4. The summed E-state index contributed by atoms with van der Waals surface area (Å²) >= 11 is 0. The van der Waals surface area contributed by atoms with Crippen LogP contribution in [0.5, 0.6) is 23.0 Å². The van der Waals surface area contributed by atoms with Crippen molar-refractivity contribution in [1.82, 2.24) is 10.2 Å². The fraction of sp³-hybridized carbons (Fsp3) is 0.774. The standard InChI is InChI=1S/C62H106N2O5/c1-5-9-13-17-21-25-29-33-37-41-49-65-57-47-45-55(46-48-57)61-63-64-62(69-61)56-53-58(66-50-42-38-34-30-26-22-18-14-10-6-2)60(68-52-44-40-36-32-28-24-20-16-12-8-4)59(54-56)67-51-43-39-35-31-27-23-19-15-11-7-3/h45-48,53-54H,5-44,49-52H2,1-4H3. The van der Waals surface area contributed by atoms with Gasteiger partial charge < -0.3 is 23.4 Å². The van der Waals surface area contributed by atoms with Crippen LogP contribution in [0, 0.1) is 0 Å². The van der Waals surface area contributed by atoms with Crippen LogP contribution < -0.4 is 18.9 Å². The van der Waals surface area contributed by atoms with Crippen LogP contribution in [0.15, 0.2) is 40.8 Å². The van der Waals surface area contributed by atoms with Crippen molar-refractivity contribution in [3.8, 4) is 45.9 Å². The average molecular weight is 960 g/mol. The van der Waals surface area contributed by atoms with E-state index >= 15 is 0 Å². The molecule has 2 aromatic carbocycles. The molecule has 0 amide bonds. The highest BCUT2D eigenvalue weighted by Gasteiger charge is 2.20. The van der Waals surface area contributed by atoms with Crippen molar-refractivity contribution in [3.63, 3.8) is 0 Å².